The molecule has 3 rings (SSSR count). The molecule has 1 saturated carbocycles. The van der Waals surface area contributed by atoms with Gasteiger partial charge in [0, 0.05) is 17.5 Å². The van der Waals surface area contributed by atoms with Crippen molar-refractivity contribution in [3.05, 3.63) is 46.7 Å². The number of nitrogens with zero attached hydrogens (tertiary/aromatic N) is 2. The van der Waals surface area contributed by atoms with Gasteiger partial charge in [0.15, 0.2) is 5.13 Å². The molecule has 0 unspecified atom stereocenters. The minimum atomic E-state index is -0.387. The molecule has 1 heterocycles. The standard InChI is InChI=1S/C20H24FN3O2S/c1-14-13-27-20(22-14)23-18(25)12-24(11-15-5-3-2-4-6-15)19(26)16-7-9-17(21)10-8-16/h7-10,13,15H,2-6,11-12H2,1H3,(H,22,23,25). The van der Waals surface area contributed by atoms with E-state index in [-0.39, 0.29) is 24.2 Å². The average Bonchev–Trinajstić information content (AvgIpc) is 3.06. The summed E-state index contributed by atoms with van der Waals surface area (Å²) in [5.41, 5.74) is 1.24. The highest BCUT2D eigenvalue weighted by molar-refractivity contribution is 7.13. The van der Waals surface area contributed by atoms with Gasteiger partial charge in [-0.2, -0.15) is 0 Å². The lowest BCUT2D eigenvalue weighted by Gasteiger charge is -2.29. The number of hydrogen-bond donors (Lipinski definition) is 1. The number of rotatable bonds is 6. The van der Waals surface area contributed by atoms with Crippen molar-refractivity contribution in [2.24, 2.45) is 5.92 Å². The molecule has 2 aromatic rings. The normalized spacial score (nSPS) is 14.7. The summed E-state index contributed by atoms with van der Waals surface area (Å²) >= 11 is 1.36. The molecule has 2 amide bonds. The van der Waals surface area contributed by atoms with E-state index in [0.717, 1.165) is 31.4 Å². The monoisotopic (exact) mass is 389 g/mol. The third kappa shape index (κ3) is 5.60. The van der Waals surface area contributed by atoms with Gasteiger partial charge in [0.2, 0.25) is 5.91 Å². The highest BCUT2D eigenvalue weighted by atomic mass is 32.1. The van der Waals surface area contributed by atoms with Gasteiger partial charge < -0.3 is 10.2 Å². The predicted octanol–water partition coefficient (Wildman–Crippen LogP) is 4.25. The van der Waals surface area contributed by atoms with Gasteiger partial charge in [-0.3, -0.25) is 9.59 Å². The van der Waals surface area contributed by atoms with Crippen LogP contribution in [0.1, 0.15) is 48.2 Å². The second kappa shape index (κ2) is 9.08. The molecule has 5 nitrogen and oxygen atoms in total. The number of hydrogen-bond acceptors (Lipinski definition) is 4. The first kappa shape index (κ1) is 19.5. The van der Waals surface area contributed by atoms with E-state index in [9.17, 15) is 14.0 Å². The van der Waals surface area contributed by atoms with Crippen molar-refractivity contribution in [2.75, 3.05) is 18.4 Å². The second-order valence-electron chi connectivity index (χ2n) is 7.04. The van der Waals surface area contributed by atoms with E-state index in [0.29, 0.717) is 23.2 Å². The Labute approximate surface area is 162 Å². The fourth-order valence-electron chi connectivity index (χ4n) is 3.42. The Kier molecular flexibility index (Phi) is 6.55. The van der Waals surface area contributed by atoms with E-state index in [1.165, 1.54) is 42.0 Å². The number of benzene rings is 1. The van der Waals surface area contributed by atoms with Crippen molar-refractivity contribution in [1.82, 2.24) is 9.88 Å². The van der Waals surface area contributed by atoms with E-state index in [4.69, 9.17) is 0 Å². The SMILES string of the molecule is Cc1csc(NC(=O)CN(CC2CCCCC2)C(=O)c2ccc(F)cc2)n1. The molecule has 1 aromatic carbocycles. The van der Waals surface area contributed by atoms with Gasteiger partial charge in [-0.05, 0) is 49.9 Å². The third-order valence-corrected chi connectivity index (χ3v) is 5.66. The molecule has 0 spiro atoms. The Hall–Kier alpha value is -2.28. The number of amides is 2. The molecule has 0 saturated heterocycles. The van der Waals surface area contributed by atoms with E-state index in [1.807, 2.05) is 12.3 Å². The Morgan fingerprint density at radius 1 is 1.22 bits per heavy atom. The molecule has 1 N–H and O–H groups in total. The number of carbonyl (C=O) groups excluding carboxylic acids is 2. The summed E-state index contributed by atoms with van der Waals surface area (Å²) < 4.78 is 13.2. The van der Waals surface area contributed by atoms with Gasteiger partial charge in [-0.25, -0.2) is 9.37 Å². The van der Waals surface area contributed by atoms with Gasteiger partial charge >= 0.3 is 0 Å². The highest BCUT2D eigenvalue weighted by Crippen LogP contribution is 2.25. The molecule has 0 aliphatic heterocycles. The zero-order valence-corrected chi connectivity index (χ0v) is 16.2. The van der Waals surface area contributed by atoms with Crippen molar-refractivity contribution >= 4 is 28.3 Å². The molecule has 1 fully saturated rings. The molecule has 7 heteroatoms. The molecule has 27 heavy (non-hydrogen) atoms. The van der Waals surface area contributed by atoms with Crippen molar-refractivity contribution < 1.29 is 14.0 Å². The van der Waals surface area contributed by atoms with Crippen LogP contribution >= 0.6 is 11.3 Å². The summed E-state index contributed by atoms with van der Waals surface area (Å²) in [6.07, 6.45) is 5.69. The van der Waals surface area contributed by atoms with Crippen LogP contribution in [-0.4, -0.2) is 34.8 Å². The lowest BCUT2D eigenvalue weighted by atomic mass is 9.89. The van der Waals surface area contributed by atoms with Crippen LogP contribution in [0, 0.1) is 18.7 Å². The zero-order valence-electron chi connectivity index (χ0n) is 15.4. The van der Waals surface area contributed by atoms with Crippen LogP contribution in [0.25, 0.3) is 0 Å². The summed E-state index contributed by atoms with van der Waals surface area (Å²) in [4.78, 5) is 31.2. The molecular weight excluding hydrogens is 365 g/mol. The van der Waals surface area contributed by atoms with Gasteiger partial charge in [0.05, 0.1) is 5.69 Å². The van der Waals surface area contributed by atoms with Gasteiger partial charge in [-0.15, -0.1) is 11.3 Å². The maximum absolute atomic E-state index is 13.2. The summed E-state index contributed by atoms with van der Waals surface area (Å²) in [7, 11) is 0. The van der Waals surface area contributed by atoms with E-state index < -0.39 is 0 Å². The molecule has 0 atom stereocenters. The minimum Gasteiger partial charge on any atom is -0.329 e. The smallest absolute Gasteiger partial charge is 0.254 e. The van der Waals surface area contributed by atoms with E-state index in [2.05, 4.69) is 10.3 Å². The van der Waals surface area contributed by atoms with Crippen molar-refractivity contribution in [2.45, 2.75) is 39.0 Å². The lowest BCUT2D eigenvalue weighted by Crippen LogP contribution is -2.41. The third-order valence-electron chi connectivity index (χ3n) is 4.78. The molecule has 1 aliphatic carbocycles. The van der Waals surface area contributed by atoms with Crippen LogP contribution in [0.4, 0.5) is 9.52 Å². The summed E-state index contributed by atoms with van der Waals surface area (Å²) in [5.74, 6) is -0.498. The van der Waals surface area contributed by atoms with Crippen LogP contribution in [0.3, 0.4) is 0 Å². The van der Waals surface area contributed by atoms with Crippen LogP contribution in [0.5, 0.6) is 0 Å². The zero-order chi connectivity index (χ0) is 19.2. The maximum atomic E-state index is 13.2. The van der Waals surface area contributed by atoms with E-state index >= 15 is 0 Å². The first-order valence-corrected chi connectivity index (χ1v) is 10.2. The number of aromatic nitrogens is 1. The van der Waals surface area contributed by atoms with Crippen molar-refractivity contribution in [1.29, 1.82) is 0 Å². The molecule has 0 radical (unpaired) electrons. The summed E-state index contributed by atoms with van der Waals surface area (Å²) in [6, 6.07) is 5.47. The number of nitrogens with one attached hydrogen (secondary N) is 1. The Morgan fingerprint density at radius 2 is 1.93 bits per heavy atom. The fraction of sp³-hybridized carbons (Fsp3) is 0.450. The number of thiazole rings is 1. The molecule has 1 aromatic heterocycles. The molecule has 144 valence electrons. The maximum Gasteiger partial charge on any atom is 0.254 e. The fourth-order valence-corrected chi connectivity index (χ4v) is 4.12. The van der Waals surface area contributed by atoms with Gasteiger partial charge in [-0.1, -0.05) is 19.3 Å². The minimum absolute atomic E-state index is 0.0364. The number of carbonyl (C=O) groups is 2. The first-order valence-electron chi connectivity index (χ1n) is 9.28. The van der Waals surface area contributed by atoms with Crippen LogP contribution < -0.4 is 5.32 Å². The molecule has 0 bridgehead atoms. The molecule has 1 aliphatic rings. The Morgan fingerprint density at radius 3 is 2.56 bits per heavy atom. The second-order valence-corrected chi connectivity index (χ2v) is 7.90. The number of anilines is 1. The Bertz CT molecular complexity index is 785. The predicted molar refractivity (Wildman–Crippen MR) is 104 cm³/mol. The van der Waals surface area contributed by atoms with Crippen LogP contribution in [0.15, 0.2) is 29.6 Å². The lowest BCUT2D eigenvalue weighted by molar-refractivity contribution is -0.117. The average molecular weight is 389 g/mol. The van der Waals surface area contributed by atoms with Crippen LogP contribution in [-0.2, 0) is 4.79 Å². The van der Waals surface area contributed by atoms with Crippen molar-refractivity contribution in [3.63, 3.8) is 0 Å². The first-order chi connectivity index (χ1) is 13.0. The summed E-state index contributed by atoms with van der Waals surface area (Å²) in [6.45, 7) is 2.37. The summed E-state index contributed by atoms with van der Waals surface area (Å²) in [5, 5.41) is 5.15. The Balaban J connectivity index is 1.70. The largest absolute Gasteiger partial charge is 0.329 e. The molecular formula is C20H24FN3O2S. The topological polar surface area (TPSA) is 62.3 Å². The van der Waals surface area contributed by atoms with Crippen molar-refractivity contribution in [3.8, 4) is 0 Å². The van der Waals surface area contributed by atoms with Gasteiger partial charge in [0.25, 0.3) is 5.91 Å². The highest BCUT2D eigenvalue weighted by Gasteiger charge is 2.24. The van der Waals surface area contributed by atoms with Crippen LogP contribution in [0.2, 0.25) is 0 Å². The van der Waals surface area contributed by atoms with Gasteiger partial charge in [0.1, 0.15) is 12.4 Å². The van der Waals surface area contributed by atoms with E-state index in [1.54, 1.807) is 4.90 Å². The number of halogens is 1. The number of aryl methyl sites for hydroxylation is 1. The quantitative estimate of drug-likeness (QED) is 0.803.